The molecule has 4 nitrogen and oxygen atoms in total. The highest BCUT2D eigenvalue weighted by atomic mass is 16.2. The average molecular weight is 144 g/mol. The molecule has 0 saturated carbocycles. The lowest BCUT2D eigenvalue weighted by molar-refractivity contribution is -0.125. The first-order valence-electron chi connectivity index (χ1n) is 3.19. The van der Waals surface area contributed by atoms with Crippen molar-refractivity contribution in [2.45, 2.75) is 25.8 Å². The Bertz CT molecular complexity index is 125. The zero-order valence-electron chi connectivity index (χ0n) is 5.96. The highest BCUT2D eigenvalue weighted by Crippen LogP contribution is 1.91. The Kier molecular flexibility index (Phi) is 4.49. The van der Waals surface area contributed by atoms with E-state index in [9.17, 15) is 9.59 Å². The van der Waals surface area contributed by atoms with Crippen LogP contribution in [0.3, 0.4) is 0 Å². The van der Waals surface area contributed by atoms with Gasteiger partial charge in [0.1, 0.15) is 0 Å². The molecule has 0 aromatic rings. The molecule has 2 amide bonds. The molecule has 58 valence electrons. The van der Waals surface area contributed by atoms with Gasteiger partial charge in [-0.05, 0) is 6.42 Å². The van der Waals surface area contributed by atoms with Crippen LogP contribution in [0.1, 0.15) is 19.8 Å². The number of nitrogens with two attached hydrogens (primary N) is 1. The highest BCUT2D eigenvalue weighted by molar-refractivity contribution is 5.86. The molecule has 0 aliphatic heterocycles. The molecule has 0 rings (SSSR count). The lowest BCUT2D eigenvalue weighted by atomic mass is 10.2. The number of carbonyl (C=O) groups excluding carboxylic acids is 2. The van der Waals surface area contributed by atoms with Gasteiger partial charge < -0.3 is 5.73 Å². The molecule has 4 heteroatoms. The quantitative estimate of drug-likeness (QED) is 0.517. The van der Waals surface area contributed by atoms with Gasteiger partial charge in [0.25, 0.3) is 0 Å². The van der Waals surface area contributed by atoms with Crippen LogP contribution in [0.25, 0.3) is 0 Å². The van der Waals surface area contributed by atoms with E-state index in [2.05, 4.69) is 0 Å². The minimum absolute atomic E-state index is 0.139. The van der Waals surface area contributed by atoms with Crippen LogP contribution in [0.5, 0.6) is 0 Å². The van der Waals surface area contributed by atoms with Gasteiger partial charge in [-0.25, -0.2) is 0 Å². The number of hydrogen-bond acceptors (Lipinski definition) is 3. The lowest BCUT2D eigenvalue weighted by Crippen LogP contribution is -2.30. The van der Waals surface area contributed by atoms with Crippen molar-refractivity contribution in [3.63, 3.8) is 0 Å². The molecule has 0 spiro atoms. The summed E-state index contributed by atoms with van der Waals surface area (Å²) in [5.74, 6) is -0.315. The minimum atomic E-state index is -0.315. The normalized spacial score (nSPS) is 12.2. The van der Waals surface area contributed by atoms with Gasteiger partial charge in [-0.15, -0.1) is 0 Å². The van der Waals surface area contributed by atoms with Crippen LogP contribution in [0.15, 0.2) is 0 Å². The third-order valence-corrected chi connectivity index (χ3v) is 1.19. The van der Waals surface area contributed by atoms with Gasteiger partial charge in [-0.2, -0.15) is 0 Å². The maximum absolute atomic E-state index is 10.6. The molecule has 0 fully saturated rings. The van der Waals surface area contributed by atoms with Crippen LogP contribution < -0.4 is 11.1 Å². The smallest absolute Gasteiger partial charge is 0.227 e. The number of imide groups is 1. The van der Waals surface area contributed by atoms with Crippen LogP contribution in [-0.4, -0.2) is 18.4 Å². The molecule has 0 aliphatic rings. The zero-order chi connectivity index (χ0) is 7.98. The van der Waals surface area contributed by atoms with E-state index in [4.69, 9.17) is 5.73 Å². The molecular weight excluding hydrogens is 132 g/mol. The Morgan fingerprint density at radius 3 is 2.80 bits per heavy atom. The van der Waals surface area contributed by atoms with Crippen molar-refractivity contribution in [3.05, 3.63) is 0 Å². The molecule has 0 saturated heterocycles. The summed E-state index contributed by atoms with van der Waals surface area (Å²) >= 11 is 0. The standard InChI is InChI=1S/C6H12N2O2/c1-2-5(7)3-6(10)8-4-9/h4-5H,2-3,7H2,1H3,(H,8,9,10). The number of rotatable bonds is 4. The second-order valence-electron chi connectivity index (χ2n) is 2.06. The summed E-state index contributed by atoms with van der Waals surface area (Å²) in [6.45, 7) is 1.89. The second kappa shape index (κ2) is 4.93. The summed E-state index contributed by atoms with van der Waals surface area (Å²) in [4.78, 5) is 20.3. The summed E-state index contributed by atoms with van der Waals surface area (Å²) in [6, 6.07) is -0.139. The Balaban J connectivity index is 3.46. The van der Waals surface area contributed by atoms with Crippen LogP contribution in [0, 0.1) is 0 Å². The van der Waals surface area contributed by atoms with Crippen molar-refractivity contribution >= 4 is 12.3 Å². The fraction of sp³-hybridized carbons (Fsp3) is 0.667. The highest BCUT2D eigenvalue weighted by Gasteiger charge is 2.05. The summed E-state index contributed by atoms with van der Waals surface area (Å²) in [7, 11) is 0. The summed E-state index contributed by atoms with van der Waals surface area (Å²) in [5, 5.41) is 2.01. The number of carbonyl (C=O) groups is 2. The number of amides is 2. The van der Waals surface area contributed by atoms with Gasteiger partial charge in [0, 0.05) is 12.5 Å². The van der Waals surface area contributed by atoms with Gasteiger partial charge in [-0.1, -0.05) is 6.92 Å². The average Bonchev–Trinajstić information content (AvgIpc) is 1.88. The Labute approximate surface area is 59.8 Å². The largest absolute Gasteiger partial charge is 0.327 e. The summed E-state index contributed by atoms with van der Waals surface area (Å²) in [5.41, 5.74) is 5.43. The fourth-order valence-electron chi connectivity index (χ4n) is 0.507. The van der Waals surface area contributed by atoms with Crippen LogP contribution >= 0.6 is 0 Å². The maximum atomic E-state index is 10.6. The van der Waals surface area contributed by atoms with E-state index in [-0.39, 0.29) is 18.4 Å². The van der Waals surface area contributed by atoms with Gasteiger partial charge >= 0.3 is 0 Å². The van der Waals surface area contributed by atoms with Crippen molar-refractivity contribution < 1.29 is 9.59 Å². The molecule has 1 atom stereocenters. The summed E-state index contributed by atoms with van der Waals surface area (Å²) in [6.07, 6.45) is 1.33. The van der Waals surface area contributed by atoms with Crippen LogP contribution in [0.4, 0.5) is 0 Å². The Morgan fingerprint density at radius 1 is 1.80 bits per heavy atom. The molecule has 1 unspecified atom stereocenters. The summed E-state index contributed by atoms with van der Waals surface area (Å²) < 4.78 is 0. The van der Waals surface area contributed by atoms with Crippen molar-refractivity contribution in [1.82, 2.24) is 5.32 Å². The van der Waals surface area contributed by atoms with E-state index in [0.29, 0.717) is 6.41 Å². The van der Waals surface area contributed by atoms with E-state index in [1.54, 1.807) is 0 Å². The lowest BCUT2D eigenvalue weighted by Gasteiger charge is -2.04. The molecular formula is C6H12N2O2. The Hall–Kier alpha value is -0.900. The van der Waals surface area contributed by atoms with E-state index < -0.39 is 0 Å². The van der Waals surface area contributed by atoms with Crippen molar-refractivity contribution in [2.24, 2.45) is 5.73 Å². The molecule has 0 aromatic carbocycles. The van der Waals surface area contributed by atoms with Gasteiger partial charge in [0.2, 0.25) is 12.3 Å². The third kappa shape index (κ3) is 4.03. The maximum Gasteiger partial charge on any atom is 0.227 e. The first-order valence-corrected chi connectivity index (χ1v) is 3.19. The first-order chi connectivity index (χ1) is 4.70. The topological polar surface area (TPSA) is 72.2 Å². The van der Waals surface area contributed by atoms with Crippen molar-refractivity contribution in [2.75, 3.05) is 0 Å². The van der Waals surface area contributed by atoms with E-state index >= 15 is 0 Å². The molecule has 0 bridgehead atoms. The fourth-order valence-corrected chi connectivity index (χ4v) is 0.507. The number of nitrogens with one attached hydrogen (secondary N) is 1. The molecule has 0 radical (unpaired) electrons. The van der Waals surface area contributed by atoms with Crippen molar-refractivity contribution in [1.29, 1.82) is 0 Å². The van der Waals surface area contributed by atoms with E-state index in [1.807, 2.05) is 12.2 Å². The van der Waals surface area contributed by atoms with E-state index in [0.717, 1.165) is 6.42 Å². The minimum Gasteiger partial charge on any atom is -0.327 e. The van der Waals surface area contributed by atoms with Crippen molar-refractivity contribution in [3.8, 4) is 0 Å². The third-order valence-electron chi connectivity index (χ3n) is 1.19. The monoisotopic (exact) mass is 144 g/mol. The van der Waals surface area contributed by atoms with Gasteiger partial charge in [-0.3, -0.25) is 14.9 Å². The molecule has 0 heterocycles. The molecule has 3 N–H and O–H groups in total. The van der Waals surface area contributed by atoms with Crippen LogP contribution in [-0.2, 0) is 9.59 Å². The predicted molar refractivity (Wildman–Crippen MR) is 37.1 cm³/mol. The van der Waals surface area contributed by atoms with Crippen LogP contribution in [0.2, 0.25) is 0 Å². The van der Waals surface area contributed by atoms with Gasteiger partial charge in [0.05, 0.1) is 0 Å². The van der Waals surface area contributed by atoms with E-state index in [1.165, 1.54) is 0 Å². The molecule has 0 aliphatic carbocycles. The Morgan fingerprint density at radius 2 is 2.40 bits per heavy atom. The first kappa shape index (κ1) is 9.10. The van der Waals surface area contributed by atoms with Gasteiger partial charge in [0.15, 0.2) is 0 Å². The zero-order valence-corrected chi connectivity index (χ0v) is 5.96. The molecule has 10 heavy (non-hydrogen) atoms. The second-order valence-corrected chi connectivity index (χ2v) is 2.06. The molecule has 0 aromatic heterocycles. The predicted octanol–water partition coefficient (Wildman–Crippen LogP) is -0.614. The number of hydrogen-bond donors (Lipinski definition) is 2. The SMILES string of the molecule is CCC(N)CC(=O)NC=O.